The molecule has 26 heavy (non-hydrogen) atoms. The zero-order valence-corrected chi connectivity index (χ0v) is 15.3. The Bertz CT molecular complexity index is 907. The standard InChI is InChI=1S/C20H22N4O2/c1-13-6-7-17(26-13)18-12-24(9-10-25-18)20-14(2)15(3)22-19(23-20)16-5-4-8-21-11-16/h4-8,11,18H,9-10,12H2,1-3H3/t18-/m1/s1. The largest absolute Gasteiger partial charge is 0.464 e. The maximum absolute atomic E-state index is 5.93. The predicted octanol–water partition coefficient (Wildman–Crippen LogP) is 3.63. The van der Waals surface area contributed by atoms with Crippen LogP contribution in [0.4, 0.5) is 5.82 Å². The Kier molecular flexibility index (Phi) is 4.42. The minimum Gasteiger partial charge on any atom is -0.464 e. The number of aromatic nitrogens is 3. The Morgan fingerprint density at radius 3 is 2.73 bits per heavy atom. The van der Waals surface area contributed by atoms with Crippen molar-refractivity contribution in [2.45, 2.75) is 26.9 Å². The van der Waals surface area contributed by atoms with E-state index in [-0.39, 0.29) is 6.10 Å². The van der Waals surface area contributed by atoms with Gasteiger partial charge in [0.2, 0.25) is 0 Å². The first kappa shape index (κ1) is 16.7. The third-order valence-electron chi connectivity index (χ3n) is 4.73. The van der Waals surface area contributed by atoms with Gasteiger partial charge >= 0.3 is 0 Å². The molecule has 0 spiro atoms. The fraction of sp³-hybridized carbons (Fsp3) is 0.350. The first-order valence-electron chi connectivity index (χ1n) is 8.80. The summed E-state index contributed by atoms with van der Waals surface area (Å²) < 4.78 is 11.7. The van der Waals surface area contributed by atoms with Crippen LogP contribution in [-0.2, 0) is 4.74 Å². The molecule has 0 radical (unpaired) electrons. The first-order valence-corrected chi connectivity index (χ1v) is 8.80. The maximum Gasteiger partial charge on any atom is 0.163 e. The first-order chi connectivity index (χ1) is 12.6. The molecule has 0 aromatic carbocycles. The molecular formula is C20H22N4O2. The van der Waals surface area contributed by atoms with Gasteiger partial charge in [0.1, 0.15) is 23.4 Å². The Hall–Kier alpha value is -2.73. The lowest BCUT2D eigenvalue weighted by atomic mass is 10.1. The molecule has 4 rings (SSSR count). The number of pyridine rings is 1. The van der Waals surface area contributed by atoms with Crippen molar-refractivity contribution in [1.82, 2.24) is 15.0 Å². The summed E-state index contributed by atoms with van der Waals surface area (Å²) in [6.45, 7) is 8.17. The van der Waals surface area contributed by atoms with Crippen molar-refractivity contribution in [3.05, 3.63) is 59.4 Å². The molecule has 0 saturated carbocycles. The number of rotatable bonds is 3. The van der Waals surface area contributed by atoms with E-state index < -0.39 is 0 Å². The van der Waals surface area contributed by atoms with Crippen LogP contribution in [0.25, 0.3) is 11.4 Å². The number of aryl methyl sites for hydroxylation is 2. The topological polar surface area (TPSA) is 64.3 Å². The van der Waals surface area contributed by atoms with Crippen molar-refractivity contribution < 1.29 is 9.15 Å². The van der Waals surface area contributed by atoms with Crippen LogP contribution in [0, 0.1) is 20.8 Å². The molecular weight excluding hydrogens is 328 g/mol. The van der Waals surface area contributed by atoms with E-state index in [1.807, 2.05) is 38.1 Å². The number of furan rings is 1. The average Bonchev–Trinajstić information content (AvgIpc) is 3.11. The molecule has 0 bridgehead atoms. The van der Waals surface area contributed by atoms with Gasteiger partial charge in [0, 0.05) is 35.8 Å². The van der Waals surface area contributed by atoms with E-state index >= 15 is 0 Å². The lowest BCUT2D eigenvalue weighted by molar-refractivity contribution is 0.0250. The summed E-state index contributed by atoms with van der Waals surface area (Å²) >= 11 is 0. The van der Waals surface area contributed by atoms with Crippen molar-refractivity contribution in [2.24, 2.45) is 0 Å². The van der Waals surface area contributed by atoms with Crippen molar-refractivity contribution in [2.75, 3.05) is 24.6 Å². The summed E-state index contributed by atoms with van der Waals surface area (Å²) in [5.74, 6) is 3.41. The predicted molar refractivity (Wildman–Crippen MR) is 99.1 cm³/mol. The van der Waals surface area contributed by atoms with Crippen LogP contribution in [0.5, 0.6) is 0 Å². The van der Waals surface area contributed by atoms with Crippen molar-refractivity contribution in [3.63, 3.8) is 0 Å². The number of nitrogens with zero attached hydrogens (tertiary/aromatic N) is 4. The van der Waals surface area contributed by atoms with E-state index in [1.54, 1.807) is 12.4 Å². The van der Waals surface area contributed by atoms with Crippen LogP contribution in [0.15, 0.2) is 41.1 Å². The number of hydrogen-bond donors (Lipinski definition) is 0. The quantitative estimate of drug-likeness (QED) is 0.719. The minimum atomic E-state index is -0.0889. The fourth-order valence-electron chi connectivity index (χ4n) is 3.19. The lowest BCUT2D eigenvalue weighted by Gasteiger charge is -2.34. The second-order valence-corrected chi connectivity index (χ2v) is 6.58. The second kappa shape index (κ2) is 6.88. The van der Waals surface area contributed by atoms with E-state index in [4.69, 9.17) is 14.1 Å². The molecule has 4 heterocycles. The highest BCUT2D eigenvalue weighted by atomic mass is 16.5. The molecule has 1 atom stereocenters. The van der Waals surface area contributed by atoms with Crippen LogP contribution in [0.2, 0.25) is 0 Å². The fourth-order valence-corrected chi connectivity index (χ4v) is 3.19. The SMILES string of the molecule is Cc1ccc([C@H]2CN(c3nc(-c4cccnc4)nc(C)c3C)CCO2)o1. The summed E-state index contributed by atoms with van der Waals surface area (Å²) in [5, 5.41) is 0. The molecule has 1 aliphatic heterocycles. The average molecular weight is 350 g/mol. The molecule has 1 aliphatic rings. The molecule has 6 heteroatoms. The van der Waals surface area contributed by atoms with Crippen LogP contribution in [-0.4, -0.2) is 34.6 Å². The highest BCUT2D eigenvalue weighted by molar-refractivity contribution is 5.59. The van der Waals surface area contributed by atoms with Crippen LogP contribution in [0.1, 0.15) is 28.9 Å². The van der Waals surface area contributed by atoms with Gasteiger partial charge in [-0.15, -0.1) is 0 Å². The van der Waals surface area contributed by atoms with E-state index in [0.717, 1.165) is 40.7 Å². The molecule has 0 aliphatic carbocycles. The van der Waals surface area contributed by atoms with Crippen LogP contribution < -0.4 is 4.90 Å². The van der Waals surface area contributed by atoms with Gasteiger partial charge in [-0.2, -0.15) is 0 Å². The van der Waals surface area contributed by atoms with Gasteiger partial charge in [-0.1, -0.05) is 0 Å². The summed E-state index contributed by atoms with van der Waals surface area (Å²) in [7, 11) is 0. The number of hydrogen-bond acceptors (Lipinski definition) is 6. The molecule has 0 N–H and O–H groups in total. The molecule has 0 amide bonds. The number of morpholine rings is 1. The van der Waals surface area contributed by atoms with Gasteiger partial charge in [0.25, 0.3) is 0 Å². The summed E-state index contributed by atoms with van der Waals surface area (Å²) in [5.41, 5.74) is 2.99. The smallest absolute Gasteiger partial charge is 0.163 e. The molecule has 3 aromatic heterocycles. The number of anilines is 1. The summed E-state index contributed by atoms with van der Waals surface area (Å²) in [6.07, 6.45) is 3.46. The van der Waals surface area contributed by atoms with E-state index in [2.05, 4.69) is 21.8 Å². The number of ether oxygens (including phenoxy) is 1. The van der Waals surface area contributed by atoms with Gasteiger partial charge in [-0.3, -0.25) is 4.98 Å². The Morgan fingerprint density at radius 2 is 2.00 bits per heavy atom. The molecule has 6 nitrogen and oxygen atoms in total. The van der Waals surface area contributed by atoms with E-state index in [1.165, 1.54) is 0 Å². The van der Waals surface area contributed by atoms with Crippen molar-refractivity contribution >= 4 is 5.82 Å². The molecule has 1 saturated heterocycles. The van der Waals surface area contributed by atoms with Gasteiger partial charge in [-0.05, 0) is 45.0 Å². The second-order valence-electron chi connectivity index (χ2n) is 6.58. The monoisotopic (exact) mass is 350 g/mol. The van der Waals surface area contributed by atoms with Crippen LogP contribution in [0.3, 0.4) is 0 Å². The summed E-state index contributed by atoms with van der Waals surface area (Å²) in [4.78, 5) is 15.9. The zero-order chi connectivity index (χ0) is 18.1. The third-order valence-corrected chi connectivity index (χ3v) is 4.73. The van der Waals surface area contributed by atoms with Crippen molar-refractivity contribution in [3.8, 4) is 11.4 Å². The highest BCUT2D eigenvalue weighted by Crippen LogP contribution is 2.30. The Morgan fingerprint density at radius 1 is 1.12 bits per heavy atom. The van der Waals surface area contributed by atoms with Crippen molar-refractivity contribution in [1.29, 1.82) is 0 Å². The Labute approximate surface area is 152 Å². The normalized spacial score (nSPS) is 17.5. The highest BCUT2D eigenvalue weighted by Gasteiger charge is 2.27. The van der Waals surface area contributed by atoms with E-state index in [0.29, 0.717) is 19.0 Å². The maximum atomic E-state index is 5.93. The van der Waals surface area contributed by atoms with Gasteiger partial charge in [0.05, 0.1) is 13.2 Å². The van der Waals surface area contributed by atoms with E-state index in [9.17, 15) is 0 Å². The third kappa shape index (κ3) is 3.20. The zero-order valence-electron chi connectivity index (χ0n) is 15.3. The van der Waals surface area contributed by atoms with Gasteiger partial charge in [-0.25, -0.2) is 9.97 Å². The Balaban J connectivity index is 1.67. The molecule has 1 fully saturated rings. The van der Waals surface area contributed by atoms with Gasteiger partial charge < -0.3 is 14.1 Å². The minimum absolute atomic E-state index is 0.0889. The van der Waals surface area contributed by atoms with Gasteiger partial charge in [0.15, 0.2) is 5.82 Å². The molecule has 0 unspecified atom stereocenters. The summed E-state index contributed by atoms with van der Waals surface area (Å²) in [6, 6.07) is 7.84. The molecule has 134 valence electrons. The van der Waals surface area contributed by atoms with Crippen LogP contribution >= 0.6 is 0 Å². The molecule has 3 aromatic rings. The lowest BCUT2D eigenvalue weighted by Crippen LogP contribution is -2.39.